The number of aliphatic hydroxyl groups excluding tert-OH is 1. The lowest BCUT2D eigenvalue weighted by atomic mass is 10.0. The fourth-order valence-corrected chi connectivity index (χ4v) is 2.04. The second kappa shape index (κ2) is 6.43. The molecule has 0 spiro atoms. The van der Waals surface area contributed by atoms with Gasteiger partial charge in [0.1, 0.15) is 0 Å². The molecule has 1 aromatic rings. The predicted molar refractivity (Wildman–Crippen MR) is 68.6 cm³/mol. The second-order valence-corrected chi connectivity index (χ2v) is 4.59. The average molecular weight is 320 g/mol. The number of hydrogen-bond donors (Lipinski definition) is 1. The van der Waals surface area contributed by atoms with Crippen LogP contribution < -0.4 is 9.47 Å². The van der Waals surface area contributed by atoms with E-state index < -0.39 is 29.4 Å². The van der Waals surface area contributed by atoms with Gasteiger partial charge in [-0.25, -0.2) is 4.79 Å². The first-order chi connectivity index (χ1) is 10.3. The minimum atomic E-state index is -4.76. The molecule has 122 valence electrons. The van der Waals surface area contributed by atoms with E-state index >= 15 is 0 Å². The van der Waals surface area contributed by atoms with E-state index in [4.69, 9.17) is 9.47 Å². The van der Waals surface area contributed by atoms with Crippen LogP contribution in [0.4, 0.5) is 13.2 Å². The molecular weight excluding hydrogens is 305 g/mol. The number of rotatable bonds is 3. The summed E-state index contributed by atoms with van der Waals surface area (Å²) >= 11 is 0. The summed E-state index contributed by atoms with van der Waals surface area (Å²) in [7, 11) is 0. The van der Waals surface area contributed by atoms with Gasteiger partial charge in [0.15, 0.2) is 17.6 Å². The fraction of sp³-hybridized carbons (Fsp3) is 0.500. The number of ether oxygens (including phenoxy) is 3. The van der Waals surface area contributed by atoms with Crippen molar-refractivity contribution >= 4 is 5.97 Å². The van der Waals surface area contributed by atoms with E-state index in [1.54, 1.807) is 0 Å². The zero-order valence-electron chi connectivity index (χ0n) is 11.8. The Morgan fingerprint density at radius 1 is 1.32 bits per heavy atom. The van der Waals surface area contributed by atoms with E-state index in [1.807, 2.05) is 0 Å². The van der Waals surface area contributed by atoms with Crippen LogP contribution in [0, 0.1) is 0 Å². The molecule has 1 aromatic carbocycles. The van der Waals surface area contributed by atoms with Crippen LogP contribution in [0.2, 0.25) is 0 Å². The van der Waals surface area contributed by atoms with E-state index in [0.29, 0.717) is 6.42 Å². The molecule has 0 saturated heterocycles. The topological polar surface area (TPSA) is 65.0 Å². The number of fused-ring (bicyclic) bond motifs is 1. The van der Waals surface area contributed by atoms with E-state index in [0.717, 1.165) is 12.1 Å². The lowest BCUT2D eigenvalue weighted by molar-refractivity contribution is -0.155. The Labute approximate surface area is 124 Å². The maximum atomic E-state index is 13.2. The van der Waals surface area contributed by atoms with Gasteiger partial charge in [-0.15, -0.1) is 0 Å². The highest BCUT2D eigenvalue weighted by Gasteiger charge is 2.38. The number of benzene rings is 1. The Morgan fingerprint density at radius 2 is 1.91 bits per heavy atom. The van der Waals surface area contributed by atoms with Crippen LogP contribution in [0.5, 0.6) is 11.5 Å². The summed E-state index contributed by atoms with van der Waals surface area (Å²) in [6.07, 6.45) is -6.28. The molecule has 22 heavy (non-hydrogen) atoms. The average Bonchev–Trinajstić information content (AvgIpc) is 2.69. The van der Waals surface area contributed by atoms with E-state index in [2.05, 4.69) is 4.74 Å². The highest BCUT2D eigenvalue weighted by molar-refractivity contribution is 5.77. The van der Waals surface area contributed by atoms with Crippen LogP contribution in [-0.2, 0) is 15.7 Å². The van der Waals surface area contributed by atoms with Crippen molar-refractivity contribution in [2.24, 2.45) is 0 Å². The highest BCUT2D eigenvalue weighted by Crippen LogP contribution is 2.42. The molecule has 1 aliphatic rings. The molecule has 1 N–H and O–H groups in total. The van der Waals surface area contributed by atoms with Crippen molar-refractivity contribution in [1.82, 2.24) is 0 Å². The number of carbonyl (C=O) groups is 1. The van der Waals surface area contributed by atoms with Crippen molar-refractivity contribution in [3.8, 4) is 11.5 Å². The summed E-state index contributed by atoms with van der Waals surface area (Å²) in [4.78, 5) is 11.5. The van der Waals surface area contributed by atoms with Crippen LogP contribution in [0.25, 0.3) is 0 Å². The monoisotopic (exact) mass is 320 g/mol. The maximum Gasteiger partial charge on any atom is 0.416 e. The van der Waals surface area contributed by atoms with Crippen LogP contribution >= 0.6 is 0 Å². The van der Waals surface area contributed by atoms with Crippen LogP contribution in [-0.4, -0.2) is 30.9 Å². The number of carbonyl (C=O) groups excluding carboxylic acids is 1. The number of hydrogen-bond acceptors (Lipinski definition) is 5. The van der Waals surface area contributed by atoms with Gasteiger partial charge in [-0.1, -0.05) is 0 Å². The zero-order valence-corrected chi connectivity index (χ0v) is 11.8. The molecule has 0 fully saturated rings. The zero-order chi connectivity index (χ0) is 16.3. The summed E-state index contributed by atoms with van der Waals surface area (Å²) < 4.78 is 54.6. The number of alkyl halides is 3. The number of halogens is 3. The van der Waals surface area contributed by atoms with Gasteiger partial charge in [-0.3, -0.25) is 0 Å². The molecule has 1 aliphatic heterocycles. The summed E-state index contributed by atoms with van der Waals surface area (Å²) in [6, 6.07) is 1.71. The van der Waals surface area contributed by atoms with E-state index in [1.165, 1.54) is 6.92 Å². The van der Waals surface area contributed by atoms with Crippen LogP contribution in [0.1, 0.15) is 30.6 Å². The molecule has 0 radical (unpaired) electrons. The van der Waals surface area contributed by atoms with Gasteiger partial charge in [-0.2, -0.15) is 13.2 Å². The Morgan fingerprint density at radius 3 is 2.45 bits per heavy atom. The molecule has 8 heteroatoms. The second-order valence-electron chi connectivity index (χ2n) is 4.59. The SMILES string of the molecule is CCOC(=O)C(O)c1cc2c(cc1C(F)(F)F)OCCCO2. The van der Waals surface area contributed by atoms with Gasteiger partial charge in [0, 0.05) is 12.0 Å². The van der Waals surface area contributed by atoms with Crippen molar-refractivity contribution < 1.29 is 37.3 Å². The lowest BCUT2D eigenvalue weighted by Crippen LogP contribution is -2.20. The van der Waals surface area contributed by atoms with Gasteiger partial charge in [0.2, 0.25) is 0 Å². The first-order valence-electron chi connectivity index (χ1n) is 6.70. The molecule has 0 aromatic heterocycles. The molecular formula is C14H15F3O5. The molecule has 0 saturated carbocycles. The summed E-state index contributed by atoms with van der Waals surface area (Å²) in [5.41, 5.74) is -1.77. The Hall–Kier alpha value is -1.96. The summed E-state index contributed by atoms with van der Waals surface area (Å²) in [5.74, 6) is -1.16. The van der Waals surface area contributed by atoms with Gasteiger partial charge >= 0.3 is 12.1 Å². The van der Waals surface area contributed by atoms with E-state index in [9.17, 15) is 23.1 Å². The van der Waals surface area contributed by atoms with Crippen molar-refractivity contribution in [3.63, 3.8) is 0 Å². The molecule has 0 amide bonds. The fourth-order valence-electron chi connectivity index (χ4n) is 2.04. The predicted octanol–water partition coefficient (Wildman–Crippen LogP) is 2.46. The third-order valence-corrected chi connectivity index (χ3v) is 3.03. The normalized spacial score (nSPS) is 15.9. The van der Waals surface area contributed by atoms with Crippen LogP contribution in [0.15, 0.2) is 12.1 Å². The van der Waals surface area contributed by atoms with Gasteiger partial charge < -0.3 is 19.3 Å². The van der Waals surface area contributed by atoms with E-state index in [-0.39, 0.29) is 31.3 Å². The third kappa shape index (κ3) is 3.44. The van der Waals surface area contributed by atoms with Gasteiger partial charge in [0.25, 0.3) is 0 Å². The largest absolute Gasteiger partial charge is 0.490 e. The molecule has 1 atom stereocenters. The van der Waals surface area contributed by atoms with Crippen molar-refractivity contribution in [1.29, 1.82) is 0 Å². The first kappa shape index (κ1) is 16.4. The lowest BCUT2D eigenvalue weighted by Gasteiger charge is -2.19. The number of aliphatic hydroxyl groups is 1. The smallest absolute Gasteiger partial charge is 0.416 e. The minimum Gasteiger partial charge on any atom is -0.490 e. The minimum absolute atomic E-state index is 0.0538. The quantitative estimate of drug-likeness (QED) is 0.867. The van der Waals surface area contributed by atoms with Crippen molar-refractivity contribution in [2.75, 3.05) is 19.8 Å². The highest BCUT2D eigenvalue weighted by atomic mass is 19.4. The molecule has 5 nitrogen and oxygen atoms in total. The van der Waals surface area contributed by atoms with Crippen LogP contribution in [0.3, 0.4) is 0 Å². The Balaban J connectivity index is 2.50. The molecule has 1 unspecified atom stereocenters. The molecule has 0 bridgehead atoms. The molecule has 0 aliphatic carbocycles. The third-order valence-electron chi connectivity index (χ3n) is 3.03. The molecule has 1 heterocycles. The van der Waals surface area contributed by atoms with Gasteiger partial charge in [-0.05, 0) is 19.1 Å². The van der Waals surface area contributed by atoms with Gasteiger partial charge in [0.05, 0.1) is 25.4 Å². The molecule has 2 rings (SSSR count). The summed E-state index contributed by atoms with van der Waals surface area (Å²) in [5, 5.41) is 9.87. The summed E-state index contributed by atoms with van der Waals surface area (Å²) in [6.45, 7) is 1.93. The standard InChI is InChI=1S/C14H15F3O5/c1-2-20-13(19)12(18)8-6-10-11(22-5-3-4-21-10)7-9(8)14(15,16)17/h6-7,12,18H,2-5H2,1H3. The maximum absolute atomic E-state index is 13.2. The first-order valence-corrected chi connectivity index (χ1v) is 6.70. The Kier molecular flexibility index (Phi) is 4.80. The van der Waals surface area contributed by atoms with Crippen molar-refractivity contribution in [2.45, 2.75) is 25.6 Å². The van der Waals surface area contributed by atoms with Crippen molar-refractivity contribution in [3.05, 3.63) is 23.3 Å². The Bertz CT molecular complexity index is 556. The number of esters is 1.